The number of carbonyl (C=O) groups excluding carboxylic acids is 5. The highest BCUT2D eigenvalue weighted by Gasteiger charge is 2.59. The van der Waals surface area contributed by atoms with Crippen LogP contribution in [0.2, 0.25) is 0 Å². The SMILES string of the molecule is Nc1ccn(C2OC(COP(=O)(O)OC3(C(=O)O)CC(O)C(NC(=O)CNC(=O)CN(CCOCCOCCNC(=O)CCSSc4ccccn4)C(=O)COCCN4CCN(C(=O)c5ccccc5-c5c6ccc(=O)cc-6oc6cc(O)ccc56)CC4)C(C(O)C(O)CO)O3)C(O)C2O)c(=O)n1. The number of phosphoric ester groups is 1. The topological polar surface area (TPSA) is 516 Å². The lowest BCUT2D eigenvalue weighted by Crippen LogP contribution is -2.68. The summed E-state index contributed by atoms with van der Waals surface area (Å²) in [6, 6.07) is 20.9. The van der Waals surface area contributed by atoms with Crippen LogP contribution in [0.4, 0.5) is 5.82 Å². The third-order valence-electron chi connectivity index (χ3n) is 16.6. The number of hydrogen-bond acceptors (Lipinski definition) is 30. The second kappa shape index (κ2) is 37.1. The smallest absolute Gasteiger partial charge is 0.475 e. The van der Waals surface area contributed by atoms with Gasteiger partial charge in [0.15, 0.2) is 11.7 Å². The van der Waals surface area contributed by atoms with Crippen LogP contribution in [0.5, 0.6) is 5.75 Å². The highest BCUT2D eigenvalue weighted by molar-refractivity contribution is 8.76. The maximum atomic E-state index is 14.4. The minimum atomic E-state index is -5.77. The molecule has 0 saturated carbocycles. The van der Waals surface area contributed by atoms with Gasteiger partial charge in [0, 0.05) is 111 Å². The van der Waals surface area contributed by atoms with Crippen LogP contribution in [0.15, 0.2) is 116 Å². The number of nitrogen functional groups attached to an aromatic ring is 1. The van der Waals surface area contributed by atoms with Crippen molar-refractivity contribution in [1.82, 2.24) is 45.2 Å². The Labute approximate surface area is 594 Å². The number of rotatable bonds is 36. The predicted octanol–water partition coefficient (Wildman–Crippen LogP) is -1.91. The Morgan fingerprint density at radius 2 is 1.61 bits per heavy atom. The van der Waals surface area contributed by atoms with E-state index in [-0.39, 0.29) is 87.1 Å². The number of piperazine rings is 1. The maximum absolute atomic E-state index is 14.4. The van der Waals surface area contributed by atoms with Crippen LogP contribution in [-0.2, 0) is 61.3 Å². The number of nitrogens with two attached hydrogens (primary N) is 1. The number of nitrogens with one attached hydrogen (secondary N) is 3. The summed E-state index contributed by atoms with van der Waals surface area (Å²) in [6.07, 6.45) is -14.4. The summed E-state index contributed by atoms with van der Waals surface area (Å²) in [4.78, 5) is 129. The summed E-state index contributed by atoms with van der Waals surface area (Å²) in [7, 11) is -2.81. The minimum absolute atomic E-state index is 0.0392. The molecule has 4 aromatic rings. The number of phenolic OH excluding ortho intramolecular Hbond substituents is 1. The summed E-state index contributed by atoms with van der Waals surface area (Å²) < 4.78 is 58.1. The largest absolute Gasteiger partial charge is 0.508 e. The number of aromatic nitrogens is 3. The third kappa shape index (κ3) is 21.3. The number of aliphatic hydroxyl groups is 6. The molecule has 9 rings (SSSR count). The average Bonchev–Trinajstić information content (AvgIpc) is 1.39. The number of ether oxygens (including phenoxy) is 5. The zero-order chi connectivity index (χ0) is 74.0. The first-order valence-corrected chi connectivity index (χ1v) is 36.1. The van der Waals surface area contributed by atoms with Crippen LogP contribution in [0, 0.1) is 0 Å². The Morgan fingerprint density at radius 3 is 2.35 bits per heavy atom. The van der Waals surface area contributed by atoms with Crippen LogP contribution < -0.4 is 32.8 Å². The van der Waals surface area contributed by atoms with Crippen molar-refractivity contribution in [2.45, 2.75) is 78.7 Å². The Balaban J connectivity index is 0.769. The fraction of sp³-hybridized carbons (Fsp3) is 0.469. The molecule has 39 heteroatoms. The van der Waals surface area contributed by atoms with Crippen molar-refractivity contribution in [3.63, 3.8) is 0 Å². The van der Waals surface area contributed by atoms with Gasteiger partial charge in [-0.3, -0.25) is 42.8 Å². The van der Waals surface area contributed by atoms with Crippen molar-refractivity contribution in [1.29, 1.82) is 0 Å². The summed E-state index contributed by atoms with van der Waals surface area (Å²) in [5.41, 5.74) is 6.77. The van der Waals surface area contributed by atoms with Gasteiger partial charge in [0.25, 0.3) is 11.7 Å². The standard InChI is InChI=1S/C64H79N10O26PS2/c65-48-12-16-74(63(90)69-48)61-58(86)57(85)47(98-61)35-96-101(91,92)100-64(62(88)89)31-43(78)55(59(99-64)56(84)44(79)34-75)70-50(81)32-68-51(82)33-73(22-25-94-27-26-93-23-15-66-49(80)13-28-102-103-52-7-3-4-14-67-52)53(83)36-95-24-21-71-17-19-72(20-18-71)60(87)40-6-2-1-5-39(40)54-41-10-8-37(76)29-45(41)97-46-30-38(77)9-11-42(46)54/h1-12,14,16,29-30,43-44,47,55-59,61,75-76,78-79,84-86H,13,15,17-28,31-36H2,(H,66,80)(H,68,82)(H,70,81)(H,88,89)(H,91,92)(H2,65,69,90). The Hall–Kier alpha value is -8.09. The molecule has 3 saturated heterocycles. The molecular formula is C64H79N10O26PS2. The molecule has 3 fully saturated rings. The van der Waals surface area contributed by atoms with E-state index >= 15 is 0 Å². The third-order valence-corrected chi connectivity index (χ3v) is 19.9. The van der Waals surface area contributed by atoms with E-state index in [2.05, 4.69) is 25.9 Å². The molecule has 14 N–H and O–H groups in total. The molecule has 558 valence electrons. The second-order valence-electron chi connectivity index (χ2n) is 23.7. The van der Waals surface area contributed by atoms with Crippen molar-refractivity contribution >= 4 is 81.7 Å². The molecule has 0 spiro atoms. The molecule has 0 radical (unpaired) electrons. The normalized spacial score (nSPS) is 21.9. The fourth-order valence-electron chi connectivity index (χ4n) is 11.3. The number of fused-ring (bicyclic) bond motifs is 2. The monoisotopic (exact) mass is 1500 g/mol. The molecule has 4 aliphatic heterocycles. The Kier molecular flexibility index (Phi) is 28.4. The van der Waals surface area contributed by atoms with Gasteiger partial charge in [0.05, 0.1) is 71.5 Å². The van der Waals surface area contributed by atoms with Gasteiger partial charge in [-0.2, -0.15) is 4.98 Å². The van der Waals surface area contributed by atoms with Crippen LogP contribution >= 0.6 is 29.4 Å². The molecule has 11 atom stereocenters. The molecule has 5 aliphatic rings. The van der Waals surface area contributed by atoms with Crippen molar-refractivity contribution < 1.29 is 116 Å². The number of benzene rings is 3. The zero-order valence-corrected chi connectivity index (χ0v) is 57.6. The number of aromatic hydroxyl groups is 1. The number of aliphatic carboxylic acids is 1. The van der Waals surface area contributed by atoms with E-state index in [4.69, 9.17) is 42.9 Å². The number of phosphoric acid groups is 1. The highest BCUT2D eigenvalue weighted by Crippen LogP contribution is 2.52. The summed E-state index contributed by atoms with van der Waals surface area (Å²) in [5, 5.41) is 93.5. The first-order valence-electron chi connectivity index (χ1n) is 32.3. The molecule has 5 amide bonds. The molecular weight excluding hydrogens is 1420 g/mol. The van der Waals surface area contributed by atoms with Crippen LogP contribution in [0.1, 0.15) is 29.4 Å². The molecule has 1 aliphatic carbocycles. The summed E-state index contributed by atoms with van der Waals surface area (Å²) in [5.74, 6) is -8.21. The average molecular weight is 1500 g/mol. The van der Waals surface area contributed by atoms with Crippen molar-refractivity contribution in [2.75, 3.05) is 123 Å². The van der Waals surface area contributed by atoms with E-state index in [1.165, 1.54) is 51.9 Å². The number of carboxylic acid groups (broad SMARTS) is 1. The van der Waals surface area contributed by atoms with E-state index in [1.54, 1.807) is 41.4 Å². The number of nitrogens with zero attached hydrogens (tertiary/aromatic N) is 6. The number of phenols is 1. The quantitative estimate of drug-likeness (QED) is 0.00883. The molecule has 103 heavy (non-hydrogen) atoms. The van der Waals surface area contributed by atoms with Gasteiger partial charge >= 0.3 is 19.5 Å². The van der Waals surface area contributed by atoms with Crippen LogP contribution in [-0.4, -0.2) is 283 Å². The van der Waals surface area contributed by atoms with E-state index in [9.17, 15) is 88.7 Å². The number of aliphatic hydroxyl groups excluding tert-OH is 6. The Morgan fingerprint density at radius 1 is 0.854 bits per heavy atom. The van der Waals surface area contributed by atoms with Gasteiger partial charge < -0.3 is 105 Å². The van der Waals surface area contributed by atoms with Crippen LogP contribution in [0.25, 0.3) is 33.4 Å². The van der Waals surface area contributed by atoms with Gasteiger partial charge in [-0.05, 0) is 64.9 Å². The first-order chi connectivity index (χ1) is 49.3. The lowest BCUT2D eigenvalue weighted by molar-refractivity contribution is -0.289. The number of anilines is 1. The number of carboxylic acids is 1. The van der Waals surface area contributed by atoms with Crippen molar-refractivity contribution in [3.8, 4) is 28.2 Å². The maximum Gasteiger partial charge on any atom is 0.475 e. The molecule has 2 aromatic carbocycles. The lowest BCUT2D eigenvalue weighted by atomic mass is 9.88. The minimum Gasteiger partial charge on any atom is -0.508 e. The predicted molar refractivity (Wildman–Crippen MR) is 363 cm³/mol. The van der Waals surface area contributed by atoms with Gasteiger partial charge in [-0.25, -0.2) is 23.7 Å². The molecule has 6 heterocycles. The van der Waals surface area contributed by atoms with Crippen molar-refractivity contribution in [2.24, 2.45) is 0 Å². The van der Waals surface area contributed by atoms with Gasteiger partial charge in [-0.1, -0.05) is 35.1 Å². The molecule has 36 nitrogen and oxygen atoms in total. The lowest BCUT2D eigenvalue weighted by Gasteiger charge is -2.46. The number of pyridine rings is 1. The molecule has 11 unspecified atom stereocenters. The number of carbonyl (C=O) groups is 6. The van der Waals surface area contributed by atoms with E-state index in [0.29, 0.717) is 71.7 Å². The summed E-state index contributed by atoms with van der Waals surface area (Å²) >= 11 is 0. The second-order valence-corrected chi connectivity index (χ2v) is 27.5. The fourth-order valence-corrected chi connectivity index (χ4v) is 14.2. The molecule has 0 bridgehead atoms. The van der Waals surface area contributed by atoms with Crippen molar-refractivity contribution in [3.05, 3.63) is 124 Å². The van der Waals surface area contributed by atoms with Gasteiger partial charge in [0.2, 0.25) is 23.6 Å². The zero-order valence-electron chi connectivity index (χ0n) is 55.1. The van der Waals surface area contributed by atoms with Gasteiger partial charge in [0.1, 0.15) is 71.2 Å². The highest BCUT2D eigenvalue weighted by atomic mass is 33.1. The first kappa shape index (κ1) is 79.0. The van der Waals surface area contributed by atoms with Crippen LogP contribution in [0.3, 0.4) is 0 Å². The van der Waals surface area contributed by atoms with Gasteiger partial charge in [-0.15, -0.1) is 0 Å². The number of hydrogen-bond donors (Lipinski definition) is 13. The van der Waals surface area contributed by atoms with E-state index in [0.717, 1.165) is 20.7 Å². The summed E-state index contributed by atoms with van der Waals surface area (Å²) in [6.45, 7) is -2.34. The van der Waals surface area contributed by atoms with E-state index < -0.39 is 137 Å². The molecule has 2 aromatic heterocycles. The Bertz CT molecular complexity index is 4050. The number of amides is 5. The van der Waals surface area contributed by atoms with E-state index in [1.807, 2.05) is 29.2 Å².